The van der Waals surface area contributed by atoms with Gasteiger partial charge in [0.05, 0.1) is 0 Å². The number of carboxylic acid groups (broad SMARTS) is 1. The van der Waals surface area contributed by atoms with Crippen molar-refractivity contribution in [2.24, 2.45) is 10.8 Å². The van der Waals surface area contributed by atoms with Crippen LogP contribution in [0.2, 0.25) is 0 Å². The fraction of sp³-hybridized carbons (Fsp3) is 0.929. The summed E-state index contributed by atoms with van der Waals surface area (Å²) in [4.78, 5) is 10.5. The molecule has 0 radical (unpaired) electrons. The Kier molecular flexibility index (Phi) is 2.26. The zero-order valence-electron chi connectivity index (χ0n) is 18.3. The number of aliphatic hydroxyl groups excluding tert-OH is 1. The minimum Gasteiger partial charge on any atom is -0.481 e. The van der Waals surface area contributed by atoms with Crippen LogP contribution in [0.1, 0.15) is 76.0 Å². The van der Waals surface area contributed by atoms with Crippen LogP contribution in [0.15, 0.2) is 0 Å². The Morgan fingerprint density at radius 1 is 1.18 bits per heavy atom. The summed E-state index contributed by atoms with van der Waals surface area (Å²) in [5.74, 6) is -1.73. The molecule has 2 saturated carbocycles. The molecule has 2 aliphatic carbocycles. The van der Waals surface area contributed by atoms with Gasteiger partial charge in [-0.05, 0) is 55.6 Å². The molecule has 0 bridgehead atoms. The Hall–Kier alpha value is -0.570. The molecule has 2 N–H and O–H groups in total. The normalized spacial score (nSPS) is 32.6. The second-order valence-electron chi connectivity index (χ2n) is 5.14. The Labute approximate surface area is 115 Å². The smallest absolute Gasteiger partial charge is 0.303 e. The first kappa shape index (κ1) is 6.55. The van der Waals surface area contributed by atoms with Gasteiger partial charge in [-0.3, -0.25) is 4.79 Å². The summed E-state index contributed by atoms with van der Waals surface area (Å²) in [6.07, 6.45) is -6.64. The molecule has 0 aliphatic heterocycles. The van der Waals surface area contributed by atoms with Gasteiger partial charge in [-0.1, -0.05) is 13.8 Å². The maximum absolute atomic E-state index is 10.5. The SMILES string of the molecule is [2H]C([2H])(C(=O)O)C([2H])([2H])C1(C)CC1.[2H]C([2H])(CO)C([2H])([2H])C1(C)CC1. The third kappa shape index (κ3) is 6.67. The Morgan fingerprint density at radius 3 is 2.00 bits per heavy atom. The van der Waals surface area contributed by atoms with Crippen molar-refractivity contribution in [3.8, 4) is 0 Å². The van der Waals surface area contributed by atoms with Gasteiger partial charge in [0, 0.05) is 23.9 Å². The Morgan fingerprint density at radius 2 is 1.65 bits per heavy atom. The summed E-state index contributed by atoms with van der Waals surface area (Å²) in [6, 6.07) is 0. The lowest BCUT2D eigenvalue weighted by molar-refractivity contribution is -0.137. The molecule has 0 amide bonds. The topological polar surface area (TPSA) is 57.5 Å². The lowest BCUT2D eigenvalue weighted by atomic mass is 10.0. The summed E-state index contributed by atoms with van der Waals surface area (Å²) in [5.41, 5.74) is -1.38. The molecule has 2 aliphatic rings. The van der Waals surface area contributed by atoms with Crippen LogP contribution in [-0.4, -0.2) is 22.8 Å². The molecule has 0 aromatic carbocycles. The van der Waals surface area contributed by atoms with E-state index in [0.29, 0.717) is 25.7 Å². The van der Waals surface area contributed by atoms with Crippen LogP contribution in [0.3, 0.4) is 0 Å². The molecule has 0 saturated heterocycles. The van der Waals surface area contributed by atoms with E-state index in [1.54, 1.807) is 13.8 Å². The average Bonchev–Trinajstić information content (AvgIpc) is 3.38. The van der Waals surface area contributed by atoms with Crippen LogP contribution in [0.4, 0.5) is 0 Å². The molecule has 0 aromatic rings. The second kappa shape index (κ2) is 5.85. The molecule has 3 heteroatoms. The third-order valence-corrected chi connectivity index (χ3v) is 2.94. The van der Waals surface area contributed by atoms with Gasteiger partial charge < -0.3 is 10.2 Å². The molecule has 2 fully saturated rings. The first-order valence-corrected chi connectivity index (χ1v) is 5.76. The summed E-state index contributed by atoms with van der Waals surface area (Å²) in [5, 5.41) is 17.3. The predicted octanol–water partition coefficient (Wildman–Crippen LogP) is 3.21. The van der Waals surface area contributed by atoms with E-state index in [9.17, 15) is 4.79 Å². The van der Waals surface area contributed by atoms with Crippen molar-refractivity contribution in [1.29, 1.82) is 0 Å². The highest BCUT2D eigenvalue weighted by molar-refractivity contribution is 5.66. The highest BCUT2D eigenvalue weighted by atomic mass is 16.4. The van der Waals surface area contributed by atoms with Crippen molar-refractivity contribution in [3.05, 3.63) is 0 Å². The van der Waals surface area contributed by atoms with Crippen LogP contribution in [0, 0.1) is 10.8 Å². The molecule has 3 nitrogen and oxygen atoms in total. The predicted molar refractivity (Wildman–Crippen MR) is 67.9 cm³/mol. The number of aliphatic hydroxyl groups is 1. The minimum absolute atomic E-state index is 0.548. The summed E-state index contributed by atoms with van der Waals surface area (Å²) < 4.78 is 59.1. The number of hydrogen-bond donors (Lipinski definition) is 2. The van der Waals surface area contributed by atoms with E-state index in [1.165, 1.54) is 0 Å². The van der Waals surface area contributed by atoms with E-state index >= 15 is 0 Å². The van der Waals surface area contributed by atoms with Crippen LogP contribution in [0.25, 0.3) is 0 Å². The van der Waals surface area contributed by atoms with E-state index in [2.05, 4.69) is 0 Å². The Balaban J connectivity index is 0.000000251. The number of hydrogen-bond acceptors (Lipinski definition) is 2. The Bertz CT molecular complexity index is 524. The van der Waals surface area contributed by atoms with Gasteiger partial charge in [0.2, 0.25) is 0 Å². The van der Waals surface area contributed by atoms with Crippen molar-refractivity contribution in [2.75, 3.05) is 6.61 Å². The van der Waals surface area contributed by atoms with Crippen molar-refractivity contribution in [3.63, 3.8) is 0 Å². The molecule has 0 heterocycles. The van der Waals surface area contributed by atoms with E-state index in [1.807, 2.05) is 0 Å². The van der Waals surface area contributed by atoms with Gasteiger partial charge in [0.1, 0.15) is 0 Å². The average molecular weight is 250 g/mol. The second-order valence-corrected chi connectivity index (χ2v) is 5.14. The van der Waals surface area contributed by atoms with E-state index < -0.39 is 48.9 Å². The molecule has 0 aromatic heterocycles. The maximum atomic E-state index is 10.5. The lowest BCUT2D eigenvalue weighted by Gasteiger charge is -2.03. The molecule has 17 heavy (non-hydrogen) atoms. The zero-order chi connectivity index (χ0) is 20.1. The van der Waals surface area contributed by atoms with E-state index in [0.717, 1.165) is 0 Å². The van der Waals surface area contributed by atoms with Crippen LogP contribution >= 0.6 is 0 Å². The van der Waals surface area contributed by atoms with Gasteiger partial charge in [-0.2, -0.15) is 0 Å². The molecular formula is C14H26O3. The fourth-order valence-electron chi connectivity index (χ4n) is 1.08. The van der Waals surface area contributed by atoms with Crippen LogP contribution in [0.5, 0.6) is 0 Å². The minimum atomic E-state index is -2.81. The highest BCUT2D eigenvalue weighted by Gasteiger charge is 2.37. The number of rotatable bonds is 6. The first-order valence-electron chi connectivity index (χ1n) is 9.76. The summed E-state index contributed by atoms with van der Waals surface area (Å²) in [6.45, 7) is 2.55. The molecule has 0 unspecified atom stereocenters. The molecule has 0 atom stereocenters. The van der Waals surface area contributed by atoms with Crippen LogP contribution in [-0.2, 0) is 4.79 Å². The van der Waals surface area contributed by atoms with Gasteiger partial charge in [0.25, 0.3) is 0 Å². The number of carbonyl (C=O) groups is 1. The molecule has 100 valence electrons. The lowest BCUT2D eigenvalue weighted by Crippen LogP contribution is -2.00. The maximum Gasteiger partial charge on any atom is 0.303 e. The van der Waals surface area contributed by atoms with Crippen molar-refractivity contribution < 1.29 is 26.0 Å². The quantitative estimate of drug-likeness (QED) is 0.761. The molecule has 0 spiro atoms. The first-order chi connectivity index (χ1) is 10.9. The summed E-state index contributed by atoms with van der Waals surface area (Å²) in [7, 11) is 0. The van der Waals surface area contributed by atoms with Gasteiger partial charge in [-0.25, -0.2) is 0 Å². The molecule has 2 rings (SSSR count). The van der Waals surface area contributed by atoms with E-state index in [-0.39, 0.29) is 0 Å². The standard InChI is InChI=1S/C7H12O2.C7H14O/c1-7(4-5-7)3-2-6(8)9;1-7(4-5-7)3-2-6-8/h2-5H2,1H3,(H,8,9);8H,2-6H2,1H3/i2*2D2,3D2. The number of carboxylic acids is 1. The fourth-order valence-corrected chi connectivity index (χ4v) is 1.08. The van der Waals surface area contributed by atoms with E-state index in [4.69, 9.17) is 21.2 Å². The van der Waals surface area contributed by atoms with Gasteiger partial charge in [-0.15, -0.1) is 0 Å². The molecular weight excluding hydrogens is 216 g/mol. The van der Waals surface area contributed by atoms with Crippen LogP contribution < -0.4 is 0 Å². The van der Waals surface area contributed by atoms with Crippen molar-refractivity contribution in [2.45, 2.75) is 65.0 Å². The van der Waals surface area contributed by atoms with Gasteiger partial charge in [0.15, 0.2) is 0 Å². The largest absolute Gasteiger partial charge is 0.481 e. The van der Waals surface area contributed by atoms with Crippen molar-refractivity contribution >= 4 is 5.97 Å². The van der Waals surface area contributed by atoms with Crippen molar-refractivity contribution in [1.82, 2.24) is 0 Å². The monoisotopic (exact) mass is 250 g/mol. The highest BCUT2D eigenvalue weighted by Crippen LogP contribution is 2.49. The number of aliphatic carboxylic acids is 1. The third-order valence-electron chi connectivity index (χ3n) is 2.94. The summed E-state index contributed by atoms with van der Waals surface area (Å²) >= 11 is 0. The van der Waals surface area contributed by atoms with Gasteiger partial charge >= 0.3 is 5.97 Å². The zero-order valence-corrected chi connectivity index (χ0v) is 10.3.